The number of benzene rings is 1. The van der Waals surface area contributed by atoms with E-state index in [4.69, 9.17) is 0 Å². The van der Waals surface area contributed by atoms with E-state index in [0.29, 0.717) is 32.0 Å². The van der Waals surface area contributed by atoms with Crippen LogP contribution in [-0.4, -0.2) is 44.0 Å². The monoisotopic (exact) mass is 362 g/mol. The lowest BCUT2D eigenvalue weighted by Crippen LogP contribution is -2.40. The Labute approximate surface area is 157 Å². The molecule has 3 amide bonds. The molecule has 0 aliphatic heterocycles. The molecule has 0 aliphatic carbocycles. The van der Waals surface area contributed by atoms with E-state index < -0.39 is 0 Å². The highest BCUT2D eigenvalue weighted by atomic mass is 16.2. The maximum Gasteiger partial charge on any atom is 0.317 e. The van der Waals surface area contributed by atoms with Gasteiger partial charge in [0, 0.05) is 51.5 Å². The van der Waals surface area contributed by atoms with Crippen molar-refractivity contribution < 1.29 is 9.59 Å². The Morgan fingerprint density at radius 2 is 1.85 bits per heavy atom. The largest absolute Gasteiger partial charge is 0.377 e. The zero-order chi connectivity index (χ0) is 19.7. The van der Waals surface area contributed by atoms with Crippen molar-refractivity contribution in [1.82, 2.24) is 10.2 Å². The van der Waals surface area contributed by atoms with Gasteiger partial charge in [-0.05, 0) is 43.0 Å². The van der Waals surface area contributed by atoms with Crippen molar-refractivity contribution >= 4 is 23.3 Å². The van der Waals surface area contributed by atoms with Crippen LogP contribution in [0.5, 0.6) is 0 Å². The summed E-state index contributed by atoms with van der Waals surface area (Å²) in [5, 5.41) is 5.83. The summed E-state index contributed by atoms with van der Waals surface area (Å²) in [6, 6.07) is 5.80. The van der Waals surface area contributed by atoms with E-state index >= 15 is 0 Å². The molecular weight excluding hydrogens is 328 g/mol. The van der Waals surface area contributed by atoms with Crippen LogP contribution >= 0.6 is 0 Å². The summed E-state index contributed by atoms with van der Waals surface area (Å²) in [7, 11) is 3.96. The van der Waals surface area contributed by atoms with Crippen LogP contribution < -0.4 is 15.5 Å². The van der Waals surface area contributed by atoms with Gasteiger partial charge in [0.1, 0.15) is 0 Å². The summed E-state index contributed by atoms with van der Waals surface area (Å²) in [5.41, 5.74) is 2.82. The minimum Gasteiger partial charge on any atom is -0.377 e. The second kappa shape index (κ2) is 10.7. The molecular formula is C20H34N4O2. The van der Waals surface area contributed by atoms with Gasteiger partial charge in [0.25, 0.3) is 0 Å². The predicted molar refractivity (Wildman–Crippen MR) is 109 cm³/mol. The first-order valence-corrected chi connectivity index (χ1v) is 9.41. The maximum absolute atomic E-state index is 12.3. The van der Waals surface area contributed by atoms with Gasteiger partial charge in [0.2, 0.25) is 5.91 Å². The lowest BCUT2D eigenvalue weighted by molar-refractivity contribution is -0.116. The average Bonchev–Trinajstić information content (AvgIpc) is 2.53. The molecule has 1 rings (SSSR count). The van der Waals surface area contributed by atoms with Gasteiger partial charge in [0.05, 0.1) is 0 Å². The van der Waals surface area contributed by atoms with Crippen LogP contribution in [0, 0.1) is 5.92 Å². The van der Waals surface area contributed by atoms with Crippen molar-refractivity contribution in [3.05, 3.63) is 23.8 Å². The first-order chi connectivity index (χ1) is 12.3. The smallest absolute Gasteiger partial charge is 0.317 e. The number of carbonyl (C=O) groups excluding carboxylic acids is 2. The van der Waals surface area contributed by atoms with E-state index in [2.05, 4.69) is 17.6 Å². The number of amides is 3. The third-order valence-corrected chi connectivity index (χ3v) is 3.91. The zero-order valence-corrected chi connectivity index (χ0v) is 17.1. The third-order valence-electron chi connectivity index (χ3n) is 3.91. The van der Waals surface area contributed by atoms with E-state index in [1.54, 1.807) is 0 Å². The number of carbonyl (C=O) groups is 2. The van der Waals surface area contributed by atoms with Crippen molar-refractivity contribution in [3.63, 3.8) is 0 Å². The lowest BCUT2D eigenvalue weighted by atomic mass is 10.1. The quantitative estimate of drug-likeness (QED) is 0.704. The van der Waals surface area contributed by atoms with Crippen LogP contribution in [0.25, 0.3) is 0 Å². The fourth-order valence-corrected chi connectivity index (χ4v) is 2.80. The van der Waals surface area contributed by atoms with Gasteiger partial charge in [-0.1, -0.05) is 20.8 Å². The Hall–Kier alpha value is -2.24. The summed E-state index contributed by atoms with van der Waals surface area (Å²) < 4.78 is 0. The highest BCUT2D eigenvalue weighted by Gasteiger charge is 2.16. The van der Waals surface area contributed by atoms with E-state index in [1.165, 1.54) is 0 Å². The second-order valence-corrected chi connectivity index (χ2v) is 7.14. The van der Waals surface area contributed by atoms with Crippen LogP contribution in [-0.2, 0) is 11.3 Å². The molecule has 6 heteroatoms. The number of nitrogens with zero attached hydrogens (tertiary/aromatic N) is 2. The fourth-order valence-electron chi connectivity index (χ4n) is 2.80. The number of nitrogens with one attached hydrogen (secondary N) is 2. The third kappa shape index (κ3) is 6.94. The number of hydrogen-bond acceptors (Lipinski definition) is 3. The molecule has 26 heavy (non-hydrogen) atoms. The Bertz CT molecular complexity index is 599. The highest BCUT2D eigenvalue weighted by molar-refractivity contribution is 5.91. The normalized spacial score (nSPS) is 10.6. The van der Waals surface area contributed by atoms with Crippen LogP contribution in [0.3, 0.4) is 0 Å². The Kier molecular flexibility index (Phi) is 8.96. The molecule has 0 unspecified atom stereocenters. The van der Waals surface area contributed by atoms with Crippen LogP contribution in [0.1, 0.15) is 46.1 Å². The van der Waals surface area contributed by atoms with E-state index in [0.717, 1.165) is 23.4 Å². The summed E-state index contributed by atoms with van der Waals surface area (Å²) in [6.07, 6.45) is 1.38. The summed E-state index contributed by atoms with van der Waals surface area (Å²) in [5.74, 6) is 0.325. The topological polar surface area (TPSA) is 64.7 Å². The maximum atomic E-state index is 12.3. The predicted octanol–water partition coefficient (Wildman–Crippen LogP) is 3.68. The number of urea groups is 1. The molecule has 146 valence electrons. The lowest BCUT2D eigenvalue weighted by Gasteiger charge is -2.26. The molecule has 1 aromatic rings. The molecule has 0 bridgehead atoms. The molecule has 6 nitrogen and oxygen atoms in total. The van der Waals surface area contributed by atoms with Crippen molar-refractivity contribution in [3.8, 4) is 0 Å². The second-order valence-electron chi connectivity index (χ2n) is 7.14. The molecule has 0 fully saturated rings. The Morgan fingerprint density at radius 3 is 2.38 bits per heavy atom. The summed E-state index contributed by atoms with van der Waals surface area (Å²) in [6.45, 7) is 9.80. The summed E-state index contributed by atoms with van der Waals surface area (Å²) >= 11 is 0. The molecule has 0 radical (unpaired) electrons. The van der Waals surface area contributed by atoms with Crippen molar-refractivity contribution in [2.24, 2.45) is 5.92 Å². The minimum absolute atomic E-state index is 0.0118. The number of rotatable bonds is 9. The van der Waals surface area contributed by atoms with Crippen molar-refractivity contribution in [2.45, 2.75) is 47.1 Å². The summed E-state index contributed by atoms with van der Waals surface area (Å²) in [4.78, 5) is 28.2. The van der Waals surface area contributed by atoms with E-state index in [1.807, 2.05) is 62.9 Å². The molecule has 1 aromatic carbocycles. The van der Waals surface area contributed by atoms with E-state index in [-0.39, 0.29) is 11.9 Å². The van der Waals surface area contributed by atoms with Crippen molar-refractivity contribution in [2.75, 3.05) is 37.4 Å². The molecule has 0 aliphatic rings. The molecule has 0 saturated heterocycles. The SMILES string of the molecule is CCCN(Cc1cc(NC(=O)CC(C)C)ccc1N(C)C)C(=O)NCC. The minimum atomic E-state index is -0.0618. The van der Waals surface area contributed by atoms with Gasteiger partial charge in [-0.25, -0.2) is 4.79 Å². The van der Waals surface area contributed by atoms with Crippen LogP contribution in [0.2, 0.25) is 0 Å². The van der Waals surface area contributed by atoms with Crippen molar-refractivity contribution in [1.29, 1.82) is 0 Å². The van der Waals surface area contributed by atoms with Gasteiger partial charge >= 0.3 is 6.03 Å². The van der Waals surface area contributed by atoms with Gasteiger partial charge < -0.3 is 20.4 Å². The zero-order valence-electron chi connectivity index (χ0n) is 17.1. The van der Waals surface area contributed by atoms with Crippen LogP contribution in [0.15, 0.2) is 18.2 Å². The Balaban J connectivity index is 3.06. The molecule has 0 heterocycles. The first kappa shape index (κ1) is 21.8. The molecule has 0 saturated carbocycles. The van der Waals surface area contributed by atoms with Crippen LogP contribution in [0.4, 0.5) is 16.2 Å². The molecule has 0 aromatic heterocycles. The van der Waals surface area contributed by atoms with Gasteiger partial charge in [-0.3, -0.25) is 4.79 Å². The number of hydrogen-bond donors (Lipinski definition) is 2. The number of anilines is 2. The molecule has 0 atom stereocenters. The fraction of sp³-hybridized carbons (Fsp3) is 0.600. The van der Waals surface area contributed by atoms with Gasteiger partial charge in [-0.2, -0.15) is 0 Å². The standard InChI is InChI=1S/C20H34N4O2/c1-7-11-24(20(26)21-8-2)14-16-13-17(9-10-18(16)23(5)6)22-19(25)12-15(3)4/h9-10,13,15H,7-8,11-12,14H2,1-6H3,(H,21,26)(H,22,25). The first-order valence-electron chi connectivity index (χ1n) is 9.41. The van der Waals surface area contributed by atoms with E-state index in [9.17, 15) is 9.59 Å². The van der Waals surface area contributed by atoms with Gasteiger partial charge in [-0.15, -0.1) is 0 Å². The molecule has 2 N–H and O–H groups in total. The average molecular weight is 363 g/mol. The highest BCUT2D eigenvalue weighted by Crippen LogP contribution is 2.25. The molecule has 0 spiro atoms. The van der Waals surface area contributed by atoms with Gasteiger partial charge in [0.15, 0.2) is 0 Å². The Morgan fingerprint density at radius 1 is 1.15 bits per heavy atom.